The molecule has 29 heavy (non-hydrogen) atoms. The summed E-state index contributed by atoms with van der Waals surface area (Å²) in [6, 6.07) is 18.1. The number of rotatable bonds is 8. The van der Waals surface area contributed by atoms with E-state index in [0.29, 0.717) is 6.61 Å². The number of esters is 1. The second-order valence-electron chi connectivity index (χ2n) is 7.40. The number of ether oxygens (including phenoxy) is 1. The first-order chi connectivity index (χ1) is 14.1. The number of nitrogens with one attached hydrogen (secondary N) is 1. The Morgan fingerprint density at radius 3 is 2.31 bits per heavy atom. The number of piperidine rings is 1. The lowest BCUT2D eigenvalue weighted by Crippen LogP contribution is -2.43. The quantitative estimate of drug-likeness (QED) is 0.554. The van der Waals surface area contributed by atoms with E-state index >= 15 is 0 Å². The minimum absolute atomic E-state index is 0.0960. The molecule has 1 fully saturated rings. The summed E-state index contributed by atoms with van der Waals surface area (Å²) in [5.41, 5.74) is 3.17. The van der Waals surface area contributed by atoms with Crippen molar-refractivity contribution in [3.63, 3.8) is 0 Å². The van der Waals surface area contributed by atoms with E-state index in [9.17, 15) is 9.59 Å². The van der Waals surface area contributed by atoms with Gasteiger partial charge >= 0.3 is 5.97 Å². The highest BCUT2D eigenvalue weighted by Gasteiger charge is 2.20. The number of likely N-dealkylation sites (tertiary alicyclic amines) is 1. The van der Waals surface area contributed by atoms with Gasteiger partial charge in [0.1, 0.15) is 6.61 Å². The van der Waals surface area contributed by atoms with Crippen LogP contribution in [0.25, 0.3) is 0 Å². The van der Waals surface area contributed by atoms with Gasteiger partial charge in [-0.25, -0.2) is 0 Å². The molecule has 0 bridgehead atoms. The molecule has 0 unspecified atom stereocenters. The zero-order chi connectivity index (χ0) is 20.5. The van der Waals surface area contributed by atoms with Crippen LogP contribution in [-0.2, 0) is 33.9 Å². The van der Waals surface area contributed by atoms with Gasteiger partial charge in [0.15, 0.2) is 0 Å². The normalized spacial score (nSPS) is 14.9. The molecule has 0 spiro atoms. The van der Waals surface area contributed by atoms with Crippen molar-refractivity contribution in [2.24, 2.45) is 0 Å². The maximum atomic E-state index is 12.0. The van der Waals surface area contributed by atoms with Crippen LogP contribution in [0.1, 0.15) is 29.5 Å². The van der Waals surface area contributed by atoms with Crippen LogP contribution < -0.4 is 5.32 Å². The molecule has 1 aliphatic heterocycles. The Hall–Kier alpha value is -2.92. The maximum absolute atomic E-state index is 12.0. The number of hydrogen-bond acceptors (Lipinski definition) is 4. The van der Waals surface area contributed by atoms with Crippen LogP contribution in [0.3, 0.4) is 0 Å². The zero-order valence-corrected chi connectivity index (χ0v) is 16.7. The maximum Gasteiger partial charge on any atom is 0.310 e. The van der Waals surface area contributed by atoms with Gasteiger partial charge < -0.3 is 10.1 Å². The van der Waals surface area contributed by atoms with Crippen LogP contribution in [0.2, 0.25) is 0 Å². The summed E-state index contributed by atoms with van der Waals surface area (Å²) >= 11 is 0. The fourth-order valence-electron chi connectivity index (χ4n) is 3.47. The van der Waals surface area contributed by atoms with Crippen LogP contribution in [0.5, 0.6) is 0 Å². The van der Waals surface area contributed by atoms with Crippen LogP contribution in [0, 0.1) is 0 Å². The number of amides is 1. The first-order valence-corrected chi connectivity index (χ1v) is 10.0. The van der Waals surface area contributed by atoms with Gasteiger partial charge in [0, 0.05) is 25.7 Å². The molecule has 5 nitrogen and oxygen atoms in total. The number of carbonyl (C=O) groups excluding carboxylic acids is 2. The van der Waals surface area contributed by atoms with Crippen LogP contribution >= 0.6 is 0 Å². The summed E-state index contributed by atoms with van der Waals surface area (Å²) in [6.45, 7) is 6.58. The molecule has 0 atom stereocenters. The predicted octanol–water partition coefficient (Wildman–Crippen LogP) is 3.24. The highest BCUT2D eigenvalue weighted by atomic mass is 16.5. The first-order valence-electron chi connectivity index (χ1n) is 10.0. The highest BCUT2D eigenvalue weighted by Crippen LogP contribution is 2.15. The Morgan fingerprint density at radius 2 is 1.66 bits per heavy atom. The van der Waals surface area contributed by atoms with Crippen LogP contribution in [0.15, 0.2) is 67.3 Å². The molecule has 2 aromatic rings. The molecule has 0 aliphatic carbocycles. The SMILES string of the molecule is C=CC(=O)NC1CCN(Cc2ccc(CC(=O)OCc3ccccc3)cc2)CC1. The van der Waals surface area contributed by atoms with Crippen LogP contribution in [0.4, 0.5) is 0 Å². The Labute approximate surface area is 172 Å². The van der Waals surface area contributed by atoms with Gasteiger partial charge in [-0.2, -0.15) is 0 Å². The van der Waals surface area contributed by atoms with Gasteiger partial charge in [0.2, 0.25) is 5.91 Å². The van der Waals surface area contributed by atoms with Crippen molar-refractivity contribution in [2.75, 3.05) is 13.1 Å². The largest absolute Gasteiger partial charge is 0.461 e. The van der Waals surface area contributed by atoms with E-state index in [1.54, 1.807) is 0 Å². The van der Waals surface area contributed by atoms with E-state index in [4.69, 9.17) is 4.74 Å². The third-order valence-electron chi connectivity index (χ3n) is 5.14. The summed E-state index contributed by atoms with van der Waals surface area (Å²) in [6.07, 6.45) is 3.50. The number of hydrogen-bond donors (Lipinski definition) is 1. The first kappa shape index (κ1) is 20.8. The van der Waals surface area contributed by atoms with Crippen molar-refractivity contribution in [3.8, 4) is 0 Å². The zero-order valence-electron chi connectivity index (χ0n) is 16.7. The van der Waals surface area contributed by atoms with E-state index in [2.05, 4.69) is 28.9 Å². The van der Waals surface area contributed by atoms with Gasteiger partial charge in [-0.3, -0.25) is 14.5 Å². The average molecular weight is 392 g/mol. The van der Waals surface area contributed by atoms with E-state index < -0.39 is 0 Å². The topological polar surface area (TPSA) is 58.6 Å². The lowest BCUT2D eigenvalue weighted by molar-refractivity contribution is -0.144. The second-order valence-corrected chi connectivity index (χ2v) is 7.40. The molecule has 1 N–H and O–H groups in total. The van der Waals surface area contributed by atoms with Gasteiger partial charge in [-0.05, 0) is 35.6 Å². The molecule has 1 amide bonds. The fourth-order valence-corrected chi connectivity index (χ4v) is 3.47. The molecule has 5 heteroatoms. The molecule has 0 aromatic heterocycles. The Morgan fingerprint density at radius 1 is 1.00 bits per heavy atom. The van der Waals surface area contributed by atoms with E-state index in [1.165, 1.54) is 11.6 Å². The molecule has 1 heterocycles. The standard InChI is InChI=1S/C24H28N2O3/c1-2-23(27)25-22-12-14-26(15-13-22)17-20-10-8-19(9-11-20)16-24(28)29-18-21-6-4-3-5-7-21/h2-11,22H,1,12-18H2,(H,25,27). The third-order valence-corrected chi connectivity index (χ3v) is 5.14. The van der Waals surface area contributed by atoms with Crippen molar-refractivity contribution < 1.29 is 14.3 Å². The highest BCUT2D eigenvalue weighted by molar-refractivity contribution is 5.87. The minimum atomic E-state index is -0.217. The van der Waals surface area contributed by atoms with Crippen molar-refractivity contribution >= 4 is 11.9 Å². The van der Waals surface area contributed by atoms with Crippen molar-refractivity contribution in [3.05, 3.63) is 83.9 Å². The lowest BCUT2D eigenvalue weighted by atomic mass is 10.0. The molecular weight excluding hydrogens is 364 g/mol. The van der Waals surface area contributed by atoms with Gasteiger partial charge in [-0.15, -0.1) is 0 Å². The molecular formula is C24H28N2O3. The van der Waals surface area contributed by atoms with E-state index in [0.717, 1.165) is 43.6 Å². The molecule has 1 saturated heterocycles. The molecule has 152 valence electrons. The van der Waals surface area contributed by atoms with E-state index in [-0.39, 0.29) is 24.3 Å². The van der Waals surface area contributed by atoms with Crippen molar-refractivity contribution in [2.45, 2.75) is 38.5 Å². The Balaban J connectivity index is 1.40. The summed E-state index contributed by atoms with van der Waals surface area (Å²) in [5.74, 6) is -0.313. The summed E-state index contributed by atoms with van der Waals surface area (Å²) in [4.78, 5) is 25.8. The molecule has 3 rings (SSSR count). The minimum Gasteiger partial charge on any atom is -0.461 e. The van der Waals surface area contributed by atoms with Crippen LogP contribution in [-0.4, -0.2) is 35.9 Å². The lowest BCUT2D eigenvalue weighted by Gasteiger charge is -2.32. The van der Waals surface area contributed by atoms with Crippen molar-refractivity contribution in [1.82, 2.24) is 10.2 Å². The third kappa shape index (κ3) is 6.88. The van der Waals surface area contributed by atoms with Crippen molar-refractivity contribution in [1.29, 1.82) is 0 Å². The number of benzene rings is 2. The average Bonchev–Trinajstić information content (AvgIpc) is 2.75. The predicted molar refractivity (Wildman–Crippen MR) is 113 cm³/mol. The smallest absolute Gasteiger partial charge is 0.310 e. The number of nitrogens with zero attached hydrogens (tertiary/aromatic N) is 1. The second kappa shape index (κ2) is 10.6. The van der Waals surface area contributed by atoms with Gasteiger partial charge in [0.05, 0.1) is 6.42 Å². The molecule has 0 radical (unpaired) electrons. The Bertz CT molecular complexity index is 810. The summed E-state index contributed by atoms with van der Waals surface area (Å²) < 4.78 is 5.35. The van der Waals surface area contributed by atoms with Gasteiger partial charge in [-0.1, -0.05) is 61.2 Å². The summed E-state index contributed by atoms with van der Waals surface area (Å²) in [7, 11) is 0. The fraction of sp³-hybridized carbons (Fsp3) is 0.333. The monoisotopic (exact) mass is 392 g/mol. The summed E-state index contributed by atoms with van der Waals surface area (Å²) in [5, 5.41) is 2.97. The molecule has 1 aliphatic rings. The Kier molecular flexibility index (Phi) is 7.59. The van der Waals surface area contributed by atoms with E-state index in [1.807, 2.05) is 42.5 Å². The molecule has 2 aromatic carbocycles. The number of carbonyl (C=O) groups is 2. The van der Waals surface area contributed by atoms with Gasteiger partial charge in [0.25, 0.3) is 0 Å². The molecule has 0 saturated carbocycles.